The number of likely N-dealkylation sites (N-methyl/N-ethyl adjacent to an activating group) is 2. The van der Waals surface area contributed by atoms with Crippen molar-refractivity contribution in [3.8, 4) is 0 Å². The molecule has 0 bridgehead atoms. The first-order valence-corrected chi connectivity index (χ1v) is 10.7. The number of nitrogens with zero attached hydrogens (tertiary/aromatic N) is 2. The molecule has 3 aliphatic rings. The summed E-state index contributed by atoms with van der Waals surface area (Å²) in [7, 11) is 2.03. The number of benzene rings is 1. The molecule has 0 aromatic heterocycles. The number of amides is 4. The van der Waals surface area contributed by atoms with Crippen LogP contribution in [0.4, 0.5) is 5.69 Å². The number of rotatable bonds is 5. The number of hydrogen-bond donors (Lipinski definition) is 2. The number of fused-ring (bicyclic) bond motifs is 1. The van der Waals surface area contributed by atoms with Crippen molar-refractivity contribution >= 4 is 29.3 Å². The standard InChI is InChI=1S/C22H28N4O4/c1-3-23-16-6-4-5-7-17(16)25(2)13-8-9-14-15(12-13)22(30)26(21(14)29)18-10-11-19(27)24-20(18)28/h8-9,12,16-18,23H,3-7,10-11H2,1-2H3,(H,24,27,28). The summed E-state index contributed by atoms with van der Waals surface area (Å²) in [4.78, 5) is 52.8. The highest BCUT2D eigenvalue weighted by atomic mass is 16.2. The Bertz CT molecular complexity index is 897. The summed E-state index contributed by atoms with van der Waals surface area (Å²) in [5.74, 6) is -1.90. The molecule has 0 radical (unpaired) electrons. The maximum absolute atomic E-state index is 13.1. The highest BCUT2D eigenvalue weighted by Crippen LogP contribution is 2.32. The number of carbonyl (C=O) groups excluding carboxylic acids is 4. The molecular formula is C22H28N4O4. The second kappa shape index (κ2) is 8.18. The van der Waals surface area contributed by atoms with Gasteiger partial charge in [0.1, 0.15) is 6.04 Å². The normalized spacial score (nSPS) is 26.6. The molecule has 2 heterocycles. The lowest BCUT2D eigenvalue weighted by atomic mass is 9.89. The lowest BCUT2D eigenvalue weighted by molar-refractivity contribution is -0.136. The van der Waals surface area contributed by atoms with E-state index in [9.17, 15) is 19.2 Å². The van der Waals surface area contributed by atoms with Gasteiger partial charge >= 0.3 is 0 Å². The maximum atomic E-state index is 13.1. The van der Waals surface area contributed by atoms with Gasteiger partial charge in [-0.2, -0.15) is 0 Å². The van der Waals surface area contributed by atoms with E-state index in [1.54, 1.807) is 12.1 Å². The fourth-order valence-electron chi connectivity index (χ4n) is 4.95. The number of hydrogen-bond acceptors (Lipinski definition) is 6. The van der Waals surface area contributed by atoms with Crippen LogP contribution in [0.5, 0.6) is 0 Å². The molecule has 2 aliphatic heterocycles. The summed E-state index contributed by atoms with van der Waals surface area (Å²) in [5, 5.41) is 5.79. The van der Waals surface area contributed by atoms with Gasteiger partial charge in [-0.3, -0.25) is 29.4 Å². The molecule has 3 atom stereocenters. The second-order valence-electron chi connectivity index (χ2n) is 8.30. The number of anilines is 1. The van der Waals surface area contributed by atoms with E-state index in [-0.39, 0.29) is 18.7 Å². The molecule has 1 aromatic rings. The molecule has 2 fully saturated rings. The minimum absolute atomic E-state index is 0.116. The van der Waals surface area contributed by atoms with E-state index in [1.165, 1.54) is 12.8 Å². The van der Waals surface area contributed by atoms with Crippen molar-refractivity contribution in [3.05, 3.63) is 29.3 Å². The Labute approximate surface area is 176 Å². The zero-order chi connectivity index (χ0) is 21.4. The van der Waals surface area contributed by atoms with Crippen molar-refractivity contribution in [1.29, 1.82) is 0 Å². The molecule has 1 aromatic carbocycles. The highest BCUT2D eigenvalue weighted by molar-refractivity contribution is 6.23. The van der Waals surface area contributed by atoms with Gasteiger partial charge in [0.15, 0.2) is 0 Å². The Balaban J connectivity index is 1.59. The van der Waals surface area contributed by atoms with Gasteiger partial charge < -0.3 is 10.2 Å². The van der Waals surface area contributed by atoms with Gasteiger partial charge in [-0.05, 0) is 44.0 Å². The van der Waals surface area contributed by atoms with Crippen LogP contribution in [-0.4, -0.2) is 60.2 Å². The van der Waals surface area contributed by atoms with Crippen molar-refractivity contribution < 1.29 is 19.2 Å². The number of nitrogens with one attached hydrogen (secondary N) is 2. The van der Waals surface area contributed by atoms with Crippen molar-refractivity contribution in [3.63, 3.8) is 0 Å². The monoisotopic (exact) mass is 412 g/mol. The summed E-state index contributed by atoms with van der Waals surface area (Å²) in [6.45, 7) is 3.02. The Morgan fingerprint density at radius 2 is 1.80 bits per heavy atom. The Hall–Kier alpha value is -2.74. The SMILES string of the molecule is CCNC1CCCCC1N(C)c1ccc2c(c1)C(=O)N(C1CCC(=O)NC1=O)C2=O. The fraction of sp³-hybridized carbons (Fsp3) is 0.545. The molecule has 8 nitrogen and oxygen atoms in total. The zero-order valence-electron chi connectivity index (χ0n) is 17.4. The van der Waals surface area contributed by atoms with E-state index in [2.05, 4.69) is 22.5 Å². The molecule has 1 saturated heterocycles. The van der Waals surface area contributed by atoms with Crippen LogP contribution in [0.1, 0.15) is 66.2 Å². The van der Waals surface area contributed by atoms with Crippen LogP contribution in [0, 0.1) is 0 Å². The lowest BCUT2D eigenvalue weighted by Crippen LogP contribution is -2.54. The Kier molecular flexibility index (Phi) is 5.60. The zero-order valence-corrected chi connectivity index (χ0v) is 17.4. The third-order valence-electron chi connectivity index (χ3n) is 6.52. The largest absolute Gasteiger partial charge is 0.370 e. The van der Waals surface area contributed by atoms with Crippen LogP contribution < -0.4 is 15.5 Å². The molecular weight excluding hydrogens is 384 g/mol. The quantitative estimate of drug-likeness (QED) is 0.710. The minimum Gasteiger partial charge on any atom is -0.370 e. The predicted octanol–water partition coefficient (Wildman–Crippen LogP) is 1.44. The van der Waals surface area contributed by atoms with Crippen molar-refractivity contribution in [2.45, 2.75) is 63.6 Å². The molecule has 30 heavy (non-hydrogen) atoms. The van der Waals surface area contributed by atoms with Crippen LogP contribution in [0.2, 0.25) is 0 Å². The van der Waals surface area contributed by atoms with Gasteiger partial charge in [-0.15, -0.1) is 0 Å². The van der Waals surface area contributed by atoms with Gasteiger partial charge in [0.2, 0.25) is 11.8 Å². The fourth-order valence-corrected chi connectivity index (χ4v) is 4.95. The van der Waals surface area contributed by atoms with Crippen molar-refractivity contribution in [2.75, 3.05) is 18.5 Å². The topological polar surface area (TPSA) is 98.8 Å². The minimum atomic E-state index is -0.937. The Morgan fingerprint density at radius 1 is 1.07 bits per heavy atom. The van der Waals surface area contributed by atoms with Gasteiger partial charge in [0.05, 0.1) is 11.1 Å². The summed E-state index contributed by atoms with van der Waals surface area (Å²) in [6.07, 6.45) is 4.85. The lowest BCUT2D eigenvalue weighted by Gasteiger charge is -2.39. The number of carbonyl (C=O) groups is 4. The van der Waals surface area contributed by atoms with Crippen LogP contribution in [0.25, 0.3) is 0 Å². The molecule has 1 aliphatic carbocycles. The third kappa shape index (κ3) is 3.49. The highest BCUT2D eigenvalue weighted by Gasteiger charge is 2.44. The predicted molar refractivity (Wildman–Crippen MR) is 111 cm³/mol. The van der Waals surface area contributed by atoms with Crippen LogP contribution in [-0.2, 0) is 9.59 Å². The van der Waals surface area contributed by atoms with Crippen LogP contribution in [0.15, 0.2) is 18.2 Å². The van der Waals surface area contributed by atoms with E-state index in [4.69, 9.17) is 0 Å². The summed E-state index contributed by atoms with van der Waals surface area (Å²) < 4.78 is 0. The first-order chi connectivity index (χ1) is 14.4. The van der Waals surface area contributed by atoms with Crippen molar-refractivity contribution in [2.24, 2.45) is 0 Å². The molecule has 1 saturated carbocycles. The van der Waals surface area contributed by atoms with E-state index in [0.717, 1.165) is 30.0 Å². The average molecular weight is 412 g/mol. The second-order valence-corrected chi connectivity index (χ2v) is 8.30. The summed E-state index contributed by atoms with van der Waals surface area (Å²) in [5.41, 5.74) is 1.52. The van der Waals surface area contributed by atoms with E-state index < -0.39 is 23.8 Å². The average Bonchev–Trinajstić information content (AvgIpc) is 2.98. The third-order valence-corrected chi connectivity index (χ3v) is 6.52. The summed E-state index contributed by atoms with van der Waals surface area (Å²) >= 11 is 0. The van der Waals surface area contributed by atoms with Gasteiger partial charge in [-0.25, -0.2) is 0 Å². The Morgan fingerprint density at radius 3 is 2.53 bits per heavy atom. The first-order valence-electron chi connectivity index (χ1n) is 10.7. The molecule has 160 valence electrons. The van der Waals surface area contributed by atoms with E-state index >= 15 is 0 Å². The molecule has 0 spiro atoms. The molecule has 8 heteroatoms. The first kappa shape index (κ1) is 20.5. The van der Waals surface area contributed by atoms with Crippen molar-refractivity contribution in [1.82, 2.24) is 15.5 Å². The van der Waals surface area contributed by atoms with Gasteiger partial charge in [0.25, 0.3) is 11.8 Å². The van der Waals surface area contributed by atoms with Gasteiger partial charge in [0, 0.05) is 31.2 Å². The summed E-state index contributed by atoms with van der Waals surface area (Å²) in [6, 6.07) is 5.08. The van der Waals surface area contributed by atoms with Gasteiger partial charge in [-0.1, -0.05) is 19.8 Å². The number of piperidine rings is 1. The smallest absolute Gasteiger partial charge is 0.262 e. The van der Waals surface area contributed by atoms with E-state index in [1.807, 2.05) is 13.1 Å². The molecule has 4 rings (SSSR count). The van der Waals surface area contributed by atoms with Crippen LogP contribution >= 0.6 is 0 Å². The van der Waals surface area contributed by atoms with E-state index in [0.29, 0.717) is 23.2 Å². The van der Waals surface area contributed by atoms with Crippen LogP contribution in [0.3, 0.4) is 0 Å². The maximum Gasteiger partial charge on any atom is 0.262 e. The molecule has 4 amide bonds. The number of imide groups is 2. The molecule has 3 unspecified atom stereocenters. The molecule has 2 N–H and O–H groups in total.